The molecule has 15 heavy (non-hydrogen) atoms. The zero-order chi connectivity index (χ0) is 11.5. The molecular weight excluding hydrogens is 212 g/mol. The third-order valence-corrected chi connectivity index (χ3v) is 2.05. The number of ether oxygens (including phenoxy) is 1. The van der Waals surface area contributed by atoms with Crippen LogP contribution in [0.1, 0.15) is 33.1 Å². The number of hydrogen-bond acceptors (Lipinski definition) is 3. The minimum atomic E-state index is -0.265. The highest BCUT2D eigenvalue weighted by Crippen LogP contribution is 1.90. The average molecular weight is 232 g/mol. The summed E-state index contributed by atoms with van der Waals surface area (Å²) in [5, 5.41) is 6.67. The van der Waals surface area contributed by atoms with E-state index in [0.29, 0.717) is 18.3 Å². The third-order valence-electron chi connectivity index (χ3n) is 1.76. The largest absolute Gasteiger partial charge is 0.464 e. The Bertz CT molecular complexity index is 198. The molecule has 5 heteroatoms. The van der Waals surface area contributed by atoms with Gasteiger partial charge in [0.25, 0.3) is 0 Å². The molecule has 0 aliphatic heterocycles. The van der Waals surface area contributed by atoms with Gasteiger partial charge in [-0.15, -0.1) is 0 Å². The first-order chi connectivity index (χ1) is 7.16. The second kappa shape index (κ2) is 9.71. The molecule has 0 radical (unpaired) electrons. The minimum absolute atomic E-state index is 0.265. The summed E-state index contributed by atoms with van der Waals surface area (Å²) in [5.41, 5.74) is 0. The van der Waals surface area contributed by atoms with Gasteiger partial charge in [0.05, 0.1) is 6.54 Å². The minimum Gasteiger partial charge on any atom is -0.464 e. The molecule has 88 valence electrons. The van der Waals surface area contributed by atoms with E-state index >= 15 is 0 Å². The van der Waals surface area contributed by atoms with Crippen molar-refractivity contribution in [2.45, 2.75) is 33.1 Å². The zero-order valence-electron chi connectivity index (χ0n) is 9.47. The van der Waals surface area contributed by atoms with Crippen molar-refractivity contribution in [2.75, 3.05) is 19.7 Å². The Labute approximate surface area is 96.8 Å². The summed E-state index contributed by atoms with van der Waals surface area (Å²) in [6, 6.07) is 0. The summed E-state index contributed by atoms with van der Waals surface area (Å²) in [6.45, 7) is 5.36. The van der Waals surface area contributed by atoms with E-state index in [2.05, 4.69) is 17.6 Å². The van der Waals surface area contributed by atoms with Gasteiger partial charge in [0, 0.05) is 13.5 Å². The molecule has 0 spiro atoms. The van der Waals surface area contributed by atoms with Crippen molar-refractivity contribution in [1.29, 1.82) is 0 Å². The van der Waals surface area contributed by atoms with Crippen LogP contribution in [-0.2, 0) is 9.53 Å². The van der Waals surface area contributed by atoms with Crippen LogP contribution >= 0.6 is 12.2 Å². The third kappa shape index (κ3) is 11.1. The Morgan fingerprint density at radius 3 is 2.53 bits per heavy atom. The van der Waals surface area contributed by atoms with Gasteiger partial charge in [-0.05, 0) is 18.6 Å². The van der Waals surface area contributed by atoms with Gasteiger partial charge < -0.3 is 15.4 Å². The quantitative estimate of drug-likeness (QED) is 0.392. The normalized spacial score (nSPS) is 9.47. The Hall–Kier alpha value is -0.840. The van der Waals surface area contributed by atoms with Gasteiger partial charge in [-0.3, -0.25) is 4.79 Å². The number of esters is 1. The first kappa shape index (κ1) is 14.2. The summed E-state index contributed by atoms with van der Waals surface area (Å²) < 4.78 is 4.75. The van der Waals surface area contributed by atoms with Gasteiger partial charge in [0.2, 0.25) is 0 Å². The summed E-state index contributed by atoms with van der Waals surface area (Å²) in [6.07, 6.45) is 3.54. The highest BCUT2D eigenvalue weighted by Gasteiger charge is 1.95. The lowest BCUT2D eigenvalue weighted by atomic mass is 10.2. The molecule has 0 saturated carbocycles. The van der Waals surface area contributed by atoms with E-state index in [1.54, 1.807) is 0 Å². The van der Waals surface area contributed by atoms with E-state index < -0.39 is 0 Å². The van der Waals surface area contributed by atoms with Crippen molar-refractivity contribution in [1.82, 2.24) is 10.6 Å². The highest BCUT2D eigenvalue weighted by molar-refractivity contribution is 7.80. The fourth-order valence-corrected chi connectivity index (χ4v) is 1.20. The summed E-state index contributed by atoms with van der Waals surface area (Å²) in [7, 11) is 0. The lowest BCUT2D eigenvalue weighted by Crippen LogP contribution is -2.37. The molecule has 0 heterocycles. The van der Waals surface area contributed by atoms with Crippen molar-refractivity contribution < 1.29 is 9.53 Å². The van der Waals surface area contributed by atoms with Crippen LogP contribution in [0.2, 0.25) is 0 Å². The predicted octanol–water partition coefficient (Wildman–Crippen LogP) is 1.20. The molecule has 0 aromatic rings. The topological polar surface area (TPSA) is 50.4 Å². The summed E-state index contributed by atoms with van der Waals surface area (Å²) in [4.78, 5) is 10.4. The zero-order valence-corrected chi connectivity index (χ0v) is 10.3. The Morgan fingerprint density at radius 1 is 1.27 bits per heavy atom. The van der Waals surface area contributed by atoms with Crippen molar-refractivity contribution in [3.63, 3.8) is 0 Å². The van der Waals surface area contributed by atoms with Gasteiger partial charge in [-0.1, -0.05) is 19.8 Å². The van der Waals surface area contributed by atoms with Gasteiger partial charge in [-0.2, -0.15) is 0 Å². The maximum Gasteiger partial charge on any atom is 0.302 e. The number of nitrogens with one attached hydrogen (secondary N) is 2. The first-order valence-corrected chi connectivity index (χ1v) is 5.72. The maximum absolute atomic E-state index is 10.4. The SMILES string of the molecule is CCCCCNC(=S)NCCOC(C)=O. The van der Waals surface area contributed by atoms with Gasteiger partial charge in [0.15, 0.2) is 5.11 Å². The van der Waals surface area contributed by atoms with E-state index in [9.17, 15) is 4.79 Å². The van der Waals surface area contributed by atoms with E-state index in [0.717, 1.165) is 13.0 Å². The molecule has 0 aliphatic carbocycles. The molecule has 0 aromatic heterocycles. The van der Waals surface area contributed by atoms with Crippen molar-refractivity contribution in [3.8, 4) is 0 Å². The maximum atomic E-state index is 10.4. The molecule has 0 unspecified atom stereocenters. The monoisotopic (exact) mass is 232 g/mol. The fraction of sp³-hybridized carbons (Fsp3) is 0.800. The smallest absolute Gasteiger partial charge is 0.302 e. The van der Waals surface area contributed by atoms with E-state index in [-0.39, 0.29) is 5.97 Å². The van der Waals surface area contributed by atoms with Crippen LogP contribution in [0, 0.1) is 0 Å². The summed E-state index contributed by atoms with van der Waals surface area (Å²) in [5.74, 6) is -0.265. The number of carbonyl (C=O) groups excluding carboxylic acids is 1. The highest BCUT2D eigenvalue weighted by atomic mass is 32.1. The van der Waals surface area contributed by atoms with Crippen LogP contribution in [0.3, 0.4) is 0 Å². The standard InChI is InChI=1S/C10H20N2O2S/c1-3-4-5-6-11-10(15)12-7-8-14-9(2)13/h3-8H2,1-2H3,(H2,11,12,15). The molecule has 0 fully saturated rings. The van der Waals surface area contributed by atoms with Gasteiger partial charge in [0.1, 0.15) is 6.61 Å². The first-order valence-electron chi connectivity index (χ1n) is 5.32. The van der Waals surface area contributed by atoms with Crippen LogP contribution in [0.25, 0.3) is 0 Å². The van der Waals surface area contributed by atoms with E-state index in [1.807, 2.05) is 0 Å². The second-order valence-corrected chi connectivity index (χ2v) is 3.64. The molecule has 0 amide bonds. The van der Waals surface area contributed by atoms with Crippen molar-refractivity contribution in [3.05, 3.63) is 0 Å². The molecular formula is C10H20N2O2S. The molecule has 0 aromatic carbocycles. The Balaban J connectivity index is 3.22. The molecule has 0 bridgehead atoms. The van der Waals surface area contributed by atoms with Crippen LogP contribution in [0.5, 0.6) is 0 Å². The van der Waals surface area contributed by atoms with Crippen molar-refractivity contribution in [2.24, 2.45) is 0 Å². The number of rotatable bonds is 7. The van der Waals surface area contributed by atoms with Crippen LogP contribution in [-0.4, -0.2) is 30.8 Å². The van der Waals surface area contributed by atoms with E-state index in [4.69, 9.17) is 17.0 Å². The molecule has 0 aliphatic rings. The molecule has 2 N–H and O–H groups in total. The second-order valence-electron chi connectivity index (χ2n) is 3.23. The Kier molecular flexibility index (Phi) is 9.16. The molecule has 0 rings (SSSR count). The molecule has 0 atom stereocenters. The number of unbranched alkanes of at least 4 members (excludes halogenated alkanes) is 2. The Morgan fingerprint density at radius 2 is 1.93 bits per heavy atom. The predicted molar refractivity (Wildman–Crippen MR) is 64.8 cm³/mol. The number of hydrogen-bond donors (Lipinski definition) is 2. The summed E-state index contributed by atoms with van der Waals surface area (Å²) >= 11 is 5.02. The van der Waals surface area contributed by atoms with Gasteiger partial charge >= 0.3 is 5.97 Å². The van der Waals surface area contributed by atoms with Gasteiger partial charge in [-0.25, -0.2) is 0 Å². The van der Waals surface area contributed by atoms with Crippen molar-refractivity contribution >= 4 is 23.3 Å². The molecule has 4 nitrogen and oxygen atoms in total. The number of carbonyl (C=O) groups is 1. The van der Waals surface area contributed by atoms with Crippen LogP contribution in [0.15, 0.2) is 0 Å². The van der Waals surface area contributed by atoms with E-state index in [1.165, 1.54) is 19.8 Å². The molecule has 0 saturated heterocycles. The fourth-order valence-electron chi connectivity index (χ4n) is 0.999. The lowest BCUT2D eigenvalue weighted by molar-refractivity contribution is -0.140. The average Bonchev–Trinajstić information content (AvgIpc) is 2.19. The number of thiocarbonyl (C=S) groups is 1. The van der Waals surface area contributed by atoms with Crippen LogP contribution in [0.4, 0.5) is 0 Å². The lowest BCUT2D eigenvalue weighted by Gasteiger charge is -2.09. The van der Waals surface area contributed by atoms with Crippen LogP contribution < -0.4 is 10.6 Å².